The van der Waals surface area contributed by atoms with Crippen LogP contribution in [0.5, 0.6) is 0 Å². The van der Waals surface area contributed by atoms with Gasteiger partial charge in [-0.3, -0.25) is 0 Å². The fraction of sp³-hybridized carbons (Fsp3) is 0.133. The monoisotopic (exact) mass is 332 g/mol. The summed E-state index contributed by atoms with van der Waals surface area (Å²) in [7, 11) is 0. The molecular weight excluding hydrogens is 320 g/mol. The largest absolute Gasteiger partial charge is 0.306 e. The Morgan fingerprint density at radius 1 is 1.00 bits per heavy atom. The average molecular weight is 333 g/mol. The van der Waals surface area contributed by atoms with E-state index in [-0.39, 0.29) is 0 Å². The van der Waals surface area contributed by atoms with Gasteiger partial charge in [0.2, 0.25) is 0 Å². The van der Waals surface area contributed by atoms with Gasteiger partial charge in [0.05, 0.1) is 10.2 Å². The van der Waals surface area contributed by atoms with Gasteiger partial charge in [-0.05, 0) is 29.8 Å². The summed E-state index contributed by atoms with van der Waals surface area (Å²) in [6.45, 7) is 1.68. The molecule has 96 valence electrons. The third-order valence-electron chi connectivity index (χ3n) is 2.86. The summed E-state index contributed by atoms with van der Waals surface area (Å²) < 4.78 is 2.37. The average Bonchev–Trinajstić information content (AvgIpc) is 2.83. The van der Waals surface area contributed by atoms with Gasteiger partial charge in [0.1, 0.15) is 5.01 Å². The van der Waals surface area contributed by atoms with Crippen LogP contribution in [0.2, 0.25) is 0 Å². The van der Waals surface area contributed by atoms with Crippen LogP contribution in [0.15, 0.2) is 53.0 Å². The lowest BCUT2D eigenvalue weighted by Crippen LogP contribution is -2.12. The Kier molecular flexibility index (Phi) is 3.92. The molecule has 0 aliphatic heterocycles. The Morgan fingerprint density at radius 2 is 1.79 bits per heavy atom. The van der Waals surface area contributed by atoms with Crippen molar-refractivity contribution in [3.63, 3.8) is 0 Å². The molecule has 0 spiro atoms. The molecule has 0 bridgehead atoms. The van der Waals surface area contributed by atoms with Crippen LogP contribution in [0.1, 0.15) is 10.6 Å². The first kappa shape index (κ1) is 12.8. The van der Waals surface area contributed by atoms with Crippen LogP contribution < -0.4 is 5.32 Å². The van der Waals surface area contributed by atoms with Crippen LogP contribution in [-0.2, 0) is 13.1 Å². The maximum Gasteiger partial charge on any atom is 0.108 e. The molecule has 0 saturated heterocycles. The third kappa shape index (κ3) is 3.21. The number of halogens is 1. The molecule has 1 aromatic heterocycles. The van der Waals surface area contributed by atoms with Crippen molar-refractivity contribution in [2.45, 2.75) is 13.1 Å². The molecule has 1 heterocycles. The fourth-order valence-corrected chi connectivity index (χ4v) is 3.11. The Bertz CT molecular complexity index is 643. The first-order valence-electron chi connectivity index (χ1n) is 6.11. The number of aromatic nitrogens is 1. The first-order valence-corrected chi connectivity index (χ1v) is 7.72. The Hall–Kier alpha value is -1.23. The summed E-state index contributed by atoms with van der Waals surface area (Å²) in [6.07, 6.45) is 0. The highest BCUT2D eigenvalue weighted by atomic mass is 79.9. The molecule has 0 saturated carbocycles. The second-order valence-corrected chi connectivity index (χ2v) is 6.34. The zero-order chi connectivity index (χ0) is 13.1. The van der Waals surface area contributed by atoms with Gasteiger partial charge in [0.15, 0.2) is 0 Å². The highest BCUT2D eigenvalue weighted by molar-refractivity contribution is 9.10. The van der Waals surface area contributed by atoms with Crippen molar-refractivity contribution in [3.05, 3.63) is 63.6 Å². The van der Waals surface area contributed by atoms with Crippen LogP contribution >= 0.6 is 27.3 Å². The lowest BCUT2D eigenvalue weighted by atomic mass is 10.2. The number of rotatable bonds is 4. The van der Waals surface area contributed by atoms with Gasteiger partial charge in [-0.1, -0.05) is 40.2 Å². The molecule has 0 fully saturated rings. The quantitative estimate of drug-likeness (QED) is 0.768. The summed E-state index contributed by atoms with van der Waals surface area (Å²) in [5.74, 6) is 0. The number of nitrogens with one attached hydrogen (secondary N) is 1. The van der Waals surface area contributed by atoms with E-state index in [0.29, 0.717) is 0 Å². The minimum absolute atomic E-state index is 0.815. The van der Waals surface area contributed by atoms with Gasteiger partial charge in [0, 0.05) is 17.6 Å². The predicted molar refractivity (Wildman–Crippen MR) is 84.3 cm³/mol. The van der Waals surface area contributed by atoms with E-state index in [4.69, 9.17) is 0 Å². The molecule has 0 radical (unpaired) electrons. The number of hydrogen-bond acceptors (Lipinski definition) is 3. The molecule has 19 heavy (non-hydrogen) atoms. The highest BCUT2D eigenvalue weighted by Crippen LogP contribution is 2.21. The van der Waals surface area contributed by atoms with Gasteiger partial charge in [-0.2, -0.15) is 0 Å². The van der Waals surface area contributed by atoms with Crippen molar-refractivity contribution < 1.29 is 0 Å². The minimum atomic E-state index is 0.815. The molecule has 3 rings (SSSR count). The third-order valence-corrected chi connectivity index (χ3v) is 4.42. The van der Waals surface area contributed by atoms with E-state index in [1.54, 1.807) is 11.3 Å². The maximum atomic E-state index is 4.61. The fourth-order valence-electron chi connectivity index (χ4n) is 1.91. The molecule has 0 unspecified atom stereocenters. The lowest BCUT2D eigenvalue weighted by molar-refractivity contribution is 0.691. The molecule has 0 aliphatic rings. The number of nitrogens with zero attached hydrogens (tertiary/aromatic N) is 1. The van der Waals surface area contributed by atoms with E-state index >= 15 is 0 Å². The molecule has 2 aromatic carbocycles. The van der Waals surface area contributed by atoms with E-state index in [0.717, 1.165) is 28.1 Å². The number of fused-ring (bicyclic) bond motifs is 1. The summed E-state index contributed by atoms with van der Waals surface area (Å²) in [5, 5.41) is 4.57. The maximum absolute atomic E-state index is 4.61. The van der Waals surface area contributed by atoms with Gasteiger partial charge in [0.25, 0.3) is 0 Å². The Labute approximate surface area is 124 Å². The lowest BCUT2D eigenvalue weighted by Gasteiger charge is -2.02. The second kappa shape index (κ2) is 5.82. The second-order valence-electron chi connectivity index (χ2n) is 4.31. The molecule has 4 heteroatoms. The molecule has 0 amide bonds. The smallest absolute Gasteiger partial charge is 0.108 e. The van der Waals surface area contributed by atoms with Crippen LogP contribution in [0.3, 0.4) is 0 Å². The van der Waals surface area contributed by atoms with Crippen molar-refractivity contribution in [2.24, 2.45) is 0 Å². The Balaban J connectivity index is 1.61. The van der Waals surface area contributed by atoms with Crippen LogP contribution in [0.25, 0.3) is 10.2 Å². The van der Waals surface area contributed by atoms with E-state index in [2.05, 4.69) is 68.7 Å². The predicted octanol–water partition coefficient (Wildman–Crippen LogP) is 4.35. The highest BCUT2D eigenvalue weighted by Gasteiger charge is 2.02. The normalized spacial score (nSPS) is 11.0. The summed E-state index contributed by atoms with van der Waals surface area (Å²) in [6, 6.07) is 16.6. The number of thiazole rings is 1. The van der Waals surface area contributed by atoms with E-state index in [9.17, 15) is 0 Å². The topological polar surface area (TPSA) is 24.9 Å². The van der Waals surface area contributed by atoms with Crippen molar-refractivity contribution in [3.8, 4) is 0 Å². The molecule has 0 atom stereocenters. The number of para-hydroxylation sites is 1. The van der Waals surface area contributed by atoms with Crippen LogP contribution in [0, 0.1) is 0 Å². The van der Waals surface area contributed by atoms with E-state index < -0.39 is 0 Å². The van der Waals surface area contributed by atoms with Gasteiger partial charge in [-0.15, -0.1) is 11.3 Å². The minimum Gasteiger partial charge on any atom is -0.306 e. The zero-order valence-corrected chi connectivity index (χ0v) is 12.7. The van der Waals surface area contributed by atoms with Gasteiger partial charge < -0.3 is 5.32 Å². The van der Waals surface area contributed by atoms with E-state index in [1.165, 1.54) is 10.3 Å². The van der Waals surface area contributed by atoms with Crippen LogP contribution in [-0.4, -0.2) is 4.98 Å². The van der Waals surface area contributed by atoms with Crippen LogP contribution in [0.4, 0.5) is 0 Å². The standard InChI is InChI=1S/C15H13BrN2S/c16-12-7-5-11(6-8-12)9-17-10-15-18-13-3-1-2-4-14(13)19-15/h1-8,17H,9-10H2. The molecule has 3 aromatic rings. The Morgan fingerprint density at radius 3 is 2.58 bits per heavy atom. The number of hydrogen-bond donors (Lipinski definition) is 1. The van der Waals surface area contributed by atoms with E-state index in [1.807, 2.05) is 6.07 Å². The molecule has 0 aliphatic carbocycles. The van der Waals surface area contributed by atoms with Gasteiger partial charge >= 0.3 is 0 Å². The zero-order valence-electron chi connectivity index (χ0n) is 10.3. The summed E-state index contributed by atoms with van der Waals surface area (Å²) in [4.78, 5) is 4.61. The molecular formula is C15H13BrN2S. The molecule has 2 nitrogen and oxygen atoms in total. The van der Waals surface area contributed by atoms with Crippen molar-refractivity contribution in [1.29, 1.82) is 0 Å². The number of benzene rings is 2. The summed E-state index contributed by atoms with van der Waals surface area (Å²) in [5.41, 5.74) is 2.37. The van der Waals surface area contributed by atoms with Gasteiger partial charge in [-0.25, -0.2) is 4.98 Å². The van der Waals surface area contributed by atoms with Crippen molar-refractivity contribution >= 4 is 37.5 Å². The molecule has 1 N–H and O–H groups in total. The summed E-state index contributed by atoms with van der Waals surface area (Å²) >= 11 is 5.19. The van der Waals surface area contributed by atoms with Crippen molar-refractivity contribution in [1.82, 2.24) is 10.3 Å². The SMILES string of the molecule is Brc1ccc(CNCc2nc3ccccc3s2)cc1. The first-order chi connectivity index (χ1) is 9.31. The van der Waals surface area contributed by atoms with Crippen molar-refractivity contribution in [2.75, 3.05) is 0 Å².